The third-order valence-corrected chi connectivity index (χ3v) is 3.47. The van der Waals surface area contributed by atoms with Crippen LogP contribution in [0.4, 0.5) is 0 Å². The lowest BCUT2D eigenvalue weighted by Crippen LogP contribution is -2.42. The number of aliphatic hydroxyl groups is 1. The molecule has 1 heterocycles. The largest absolute Gasteiger partial charge is 0.389 e. The zero-order valence-electron chi connectivity index (χ0n) is 10.9. The van der Waals surface area contributed by atoms with Crippen LogP contribution in [-0.2, 0) is 0 Å². The molecule has 1 aromatic rings. The molecule has 1 fully saturated rings. The summed E-state index contributed by atoms with van der Waals surface area (Å²) in [6.45, 7) is 6.76. The van der Waals surface area contributed by atoms with E-state index in [1.165, 1.54) is 18.4 Å². The Hall–Kier alpha value is -0.860. The molecule has 0 spiro atoms. The lowest BCUT2D eigenvalue weighted by molar-refractivity contribution is 0.0282. The first-order valence-electron chi connectivity index (χ1n) is 6.54. The smallest absolute Gasteiger partial charge is 0.0718 e. The van der Waals surface area contributed by atoms with Crippen LogP contribution >= 0.6 is 0 Å². The number of nitrogens with zero attached hydrogens (tertiary/aromatic N) is 1. The molecule has 2 heteroatoms. The molecule has 2 rings (SSSR count). The highest BCUT2D eigenvalue weighted by Crippen LogP contribution is 2.28. The summed E-state index contributed by atoms with van der Waals surface area (Å²) in [5.41, 5.74) is 0.898. The van der Waals surface area contributed by atoms with Crippen LogP contribution in [0.25, 0.3) is 0 Å². The van der Waals surface area contributed by atoms with Crippen molar-refractivity contribution in [2.24, 2.45) is 0 Å². The van der Waals surface area contributed by atoms with Crippen molar-refractivity contribution in [1.82, 2.24) is 4.90 Å². The predicted octanol–water partition coefficient (Wildman–Crippen LogP) is 2.64. The highest BCUT2D eigenvalue weighted by molar-refractivity contribution is 5.20. The first kappa shape index (κ1) is 12.6. The summed E-state index contributed by atoms with van der Waals surface area (Å²) in [5.74, 6) is 0.703. The van der Waals surface area contributed by atoms with E-state index in [9.17, 15) is 5.11 Å². The van der Waals surface area contributed by atoms with Gasteiger partial charge in [0.05, 0.1) is 5.60 Å². The Morgan fingerprint density at radius 3 is 2.29 bits per heavy atom. The molecule has 0 unspecified atom stereocenters. The molecule has 94 valence electrons. The van der Waals surface area contributed by atoms with Crippen molar-refractivity contribution < 1.29 is 5.11 Å². The normalized spacial score (nSPS) is 19.5. The van der Waals surface area contributed by atoms with Gasteiger partial charge in [-0.05, 0) is 51.3 Å². The summed E-state index contributed by atoms with van der Waals surface area (Å²) in [6, 6.07) is 10.8. The summed E-state index contributed by atoms with van der Waals surface area (Å²) in [4.78, 5) is 2.37. The molecule has 17 heavy (non-hydrogen) atoms. The topological polar surface area (TPSA) is 23.5 Å². The fourth-order valence-electron chi connectivity index (χ4n) is 2.70. The molecule has 0 radical (unpaired) electrons. The van der Waals surface area contributed by atoms with Crippen LogP contribution in [0.5, 0.6) is 0 Å². The molecule has 0 atom stereocenters. The zero-order valence-corrected chi connectivity index (χ0v) is 10.9. The third kappa shape index (κ3) is 3.83. The minimum Gasteiger partial charge on any atom is -0.389 e. The quantitative estimate of drug-likeness (QED) is 0.867. The van der Waals surface area contributed by atoms with E-state index in [1.807, 2.05) is 13.8 Å². The standard InChI is InChI=1S/C15H23NO/c1-15(2,17)12-16-10-8-14(9-11-16)13-6-4-3-5-7-13/h3-7,14,17H,8-12H2,1-2H3. The van der Waals surface area contributed by atoms with Crippen LogP contribution in [0.3, 0.4) is 0 Å². The van der Waals surface area contributed by atoms with Gasteiger partial charge < -0.3 is 10.0 Å². The molecular weight excluding hydrogens is 210 g/mol. The molecule has 1 N–H and O–H groups in total. The van der Waals surface area contributed by atoms with Crippen molar-refractivity contribution >= 4 is 0 Å². The molecule has 0 saturated carbocycles. The van der Waals surface area contributed by atoms with Crippen molar-refractivity contribution in [3.63, 3.8) is 0 Å². The van der Waals surface area contributed by atoms with Gasteiger partial charge in [0.15, 0.2) is 0 Å². The summed E-state index contributed by atoms with van der Waals surface area (Å²) in [5, 5.41) is 9.81. The predicted molar refractivity (Wildman–Crippen MR) is 71.2 cm³/mol. The van der Waals surface area contributed by atoms with E-state index in [1.54, 1.807) is 0 Å². The van der Waals surface area contributed by atoms with Crippen molar-refractivity contribution in [2.45, 2.75) is 38.2 Å². The summed E-state index contributed by atoms with van der Waals surface area (Å²) >= 11 is 0. The third-order valence-electron chi connectivity index (χ3n) is 3.47. The highest BCUT2D eigenvalue weighted by Gasteiger charge is 2.24. The van der Waals surface area contributed by atoms with Gasteiger partial charge in [-0.25, -0.2) is 0 Å². The van der Waals surface area contributed by atoms with Gasteiger partial charge in [-0.15, -0.1) is 0 Å². The van der Waals surface area contributed by atoms with Crippen LogP contribution in [-0.4, -0.2) is 35.2 Å². The molecule has 0 amide bonds. The lowest BCUT2D eigenvalue weighted by Gasteiger charge is -2.35. The number of benzene rings is 1. The number of hydrogen-bond donors (Lipinski definition) is 1. The molecule has 1 aliphatic heterocycles. The Morgan fingerprint density at radius 2 is 1.76 bits per heavy atom. The van der Waals surface area contributed by atoms with E-state index in [2.05, 4.69) is 35.2 Å². The lowest BCUT2D eigenvalue weighted by atomic mass is 9.89. The Labute approximate surface area is 104 Å². The number of hydrogen-bond acceptors (Lipinski definition) is 2. The Kier molecular flexibility index (Phi) is 3.85. The van der Waals surface area contributed by atoms with Gasteiger partial charge in [0, 0.05) is 6.54 Å². The first-order valence-corrected chi connectivity index (χ1v) is 6.54. The molecule has 0 aliphatic carbocycles. The maximum atomic E-state index is 9.81. The average Bonchev–Trinajstić information content (AvgIpc) is 2.29. The van der Waals surface area contributed by atoms with E-state index < -0.39 is 5.60 Å². The summed E-state index contributed by atoms with van der Waals surface area (Å²) in [6.07, 6.45) is 2.42. The number of rotatable bonds is 3. The number of likely N-dealkylation sites (tertiary alicyclic amines) is 1. The van der Waals surface area contributed by atoms with E-state index in [4.69, 9.17) is 0 Å². The van der Waals surface area contributed by atoms with Gasteiger partial charge in [0.1, 0.15) is 0 Å². The monoisotopic (exact) mass is 233 g/mol. The minimum atomic E-state index is -0.570. The second-order valence-electron chi connectivity index (χ2n) is 5.77. The van der Waals surface area contributed by atoms with E-state index in [0.29, 0.717) is 5.92 Å². The Bertz CT molecular complexity index is 334. The van der Waals surface area contributed by atoms with Crippen molar-refractivity contribution in [3.8, 4) is 0 Å². The van der Waals surface area contributed by atoms with Gasteiger partial charge in [-0.3, -0.25) is 0 Å². The molecule has 1 saturated heterocycles. The van der Waals surface area contributed by atoms with E-state index >= 15 is 0 Å². The maximum Gasteiger partial charge on any atom is 0.0718 e. The molecule has 1 aliphatic rings. The summed E-state index contributed by atoms with van der Waals surface area (Å²) in [7, 11) is 0. The van der Waals surface area contributed by atoms with E-state index in [-0.39, 0.29) is 0 Å². The molecule has 0 bridgehead atoms. The van der Waals surface area contributed by atoms with Crippen LogP contribution in [0.15, 0.2) is 30.3 Å². The second-order valence-corrected chi connectivity index (χ2v) is 5.77. The van der Waals surface area contributed by atoms with Gasteiger partial charge >= 0.3 is 0 Å². The number of β-amino-alcohol motifs (C(OH)–C–C–N with tert-alkyl or cyclic N) is 1. The average molecular weight is 233 g/mol. The second kappa shape index (κ2) is 5.19. The van der Waals surface area contributed by atoms with Gasteiger partial charge in [0.2, 0.25) is 0 Å². The number of piperidine rings is 1. The zero-order chi connectivity index (χ0) is 12.3. The first-order chi connectivity index (χ1) is 8.04. The van der Waals surface area contributed by atoms with Gasteiger partial charge in [-0.1, -0.05) is 30.3 Å². The fourth-order valence-corrected chi connectivity index (χ4v) is 2.70. The molecule has 0 aromatic heterocycles. The highest BCUT2D eigenvalue weighted by atomic mass is 16.3. The van der Waals surface area contributed by atoms with Crippen LogP contribution in [0, 0.1) is 0 Å². The van der Waals surface area contributed by atoms with Gasteiger partial charge in [0.25, 0.3) is 0 Å². The van der Waals surface area contributed by atoms with Crippen LogP contribution in [0.2, 0.25) is 0 Å². The Balaban J connectivity index is 1.86. The fraction of sp³-hybridized carbons (Fsp3) is 0.600. The Morgan fingerprint density at radius 1 is 1.18 bits per heavy atom. The molecular formula is C15H23NO. The SMILES string of the molecule is CC(C)(O)CN1CCC(c2ccccc2)CC1. The van der Waals surface area contributed by atoms with Crippen molar-refractivity contribution in [2.75, 3.05) is 19.6 Å². The molecule has 2 nitrogen and oxygen atoms in total. The maximum absolute atomic E-state index is 9.81. The summed E-state index contributed by atoms with van der Waals surface area (Å²) < 4.78 is 0. The van der Waals surface area contributed by atoms with Gasteiger partial charge in [-0.2, -0.15) is 0 Å². The van der Waals surface area contributed by atoms with Crippen molar-refractivity contribution in [1.29, 1.82) is 0 Å². The molecule has 1 aromatic carbocycles. The van der Waals surface area contributed by atoms with Crippen LogP contribution < -0.4 is 0 Å². The van der Waals surface area contributed by atoms with Crippen LogP contribution in [0.1, 0.15) is 38.2 Å². The van der Waals surface area contributed by atoms with E-state index in [0.717, 1.165) is 19.6 Å². The minimum absolute atomic E-state index is 0.570. The van der Waals surface area contributed by atoms with Crippen molar-refractivity contribution in [3.05, 3.63) is 35.9 Å².